The fraction of sp³-hybridized carbons (Fsp3) is 0.133. The summed E-state index contributed by atoms with van der Waals surface area (Å²) in [7, 11) is 0. The number of hydrogen-bond acceptors (Lipinski definition) is 6. The SMILES string of the molecule is Cc1nn2c(O)c(Cc3ccc([N+](=O)[O-])cc3)c(=O)[nH]c2c1C#N. The van der Waals surface area contributed by atoms with Crippen molar-refractivity contribution >= 4 is 11.3 Å². The first-order chi connectivity index (χ1) is 11.4. The van der Waals surface area contributed by atoms with Crippen LogP contribution in [0.15, 0.2) is 29.1 Å². The Morgan fingerprint density at radius 3 is 2.67 bits per heavy atom. The van der Waals surface area contributed by atoms with E-state index in [9.17, 15) is 20.0 Å². The molecule has 0 bridgehead atoms. The third-order valence-corrected chi connectivity index (χ3v) is 3.68. The number of aromatic nitrogens is 3. The molecule has 0 aliphatic rings. The molecule has 0 radical (unpaired) electrons. The van der Waals surface area contributed by atoms with Gasteiger partial charge < -0.3 is 10.1 Å². The van der Waals surface area contributed by atoms with E-state index in [2.05, 4.69) is 10.1 Å². The minimum Gasteiger partial charge on any atom is -0.493 e. The number of nitrogens with zero attached hydrogens (tertiary/aromatic N) is 4. The number of nitro groups is 1. The highest BCUT2D eigenvalue weighted by molar-refractivity contribution is 5.59. The van der Waals surface area contributed by atoms with Crippen LogP contribution in [0.3, 0.4) is 0 Å². The van der Waals surface area contributed by atoms with E-state index in [1.807, 2.05) is 6.07 Å². The molecule has 9 heteroatoms. The molecule has 9 nitrogen and oxygen atoms in total. The van der Waals surface area contributed by atoms with Gasteiger partial charge in [-0.25, -0.2) is 0 Å². The van der Waals surface area contributed by atoms with Crippen LogP contribution in [0.1, 0.15) is 22.4 Å². The average molecular weight is 325 g/mol. The Hall–Kier alpha value is -3.67. The van der Waals surface area contributed by atoms with Crippen molar-refractivity contribution in [3.8, 4) is 11.9 Å². The Kier molecular flexibility index (Phi) is 3.50. The number of non-ortho nitro benzene ring substituents is 1. The topological polar surface area (TPSA) is 137 Å². The summed E-state index contributed by atoms with van der Waals surface area (Å²) >= 11 is 0. The summed E-state index contributed by atoms with van der Waals surface area (Å²) in [5.74, 6) is -0.364. The molecule has 0 spiro atoms. The highest BCUT2D eigenvalue weighted by Gasteiger charge is 2.18. The minimum atomic E-state index is -0.547. The molecule has 0 atom stereocenters. The van der Waals surface area contributed by atoms with Crippen molar-refractivity contribution < 1.29 is 10.0 Å². The number of nitriles is 1. The van der Waals surface area contributed by atoms with E-state index in [0.717, 1.165) is 4.52 Å². The van der Waals surface area contributed by atoms with Crippen LogP contribution in [0.2, 0.25) is 0 Å². The summed E-state index contributed by atoms with van der Waals surface area (Å²) in [6.07, 6.45) is 0.0654. The highest BCUT2D eigenvalue weighted by atomic mass is 16.6. The largest absolute Gasteiger partial charge is 0.493 e. The number of hydrogen-bond donors (Lipinski definition) is 2. The van der Waals surface area contributed by atoms with Gasteiger partial charge in [0.05, 0.1) is 16.2 Å². The first kappa shape index (κ1) is 15.2. The monoisotopic (exact) mass is 325 g/mol. The maximum atomic E-state index is 12.2. The number of aryl methyl sites for hydroxylation is 1. The van der Waals surface area contributed by atoms with Gasteiger partial charge in [-0.3, -0.25) is 14.9 Å². The zero-order valence-electron chi connectivity index (χ0n) is 12.5. The Labute approximate surface area is 134 Å². The number of nitro benzene ring substituents is 1. The van der Waals surface area contributed by atoms with Crippen LogP contribution in [-0.2, 0) is 6.42 Å². The fourth-order valence-corrected chi connectivity index (χ4v) is 2.44. The van der Waals surface area contributed by atoms with Crippen LogP contribution < -0.4 is 5.56 Å². The van der Waals surface area contributed by atoms with Crippen molar-refractivity contribution in [3.05, 3.63) is 67.1 Å². The van der Waals surface area contributed by atoms with E-state index in [-0.39, 0.29) is 34.8 Å². The lowest BCUT2D eigenvalue weighted by atomic mass is 10.1. The average Bonchev–Trinajstić information content (AvgIpc) is 2.87. The molecule has 3 aromatic rings. The third kappa shape index (κ3) is 2.36. The number of benzene rings is 1. The molecule has 0 saturated heterocycles. The molecule has 3 rings (SSSR count). The molecule has 2 heterocycles. The smallest absolute Gasteiger partial charge is 0.269 e. The number of fused-ring (bicyclic) bond motifs is 1. The molecule has 0 unspecified atom stereocenters. The van der Waals surface area contributed by atoms with Crippen LogP contribution in [0.4, 0.5) is 5.69 Å². The summed E-state index contributed by atoms with van der Waals surface area (Å²) < 4.78 is 1.11. The predicted octanol–water partition coefficient (Wildman–Crippen LogP) is 1.41. The Morgan fingerprint density at radius 2 is 2.08 bits per heavy atom. The van der Waals surface area contributed by atoms with Gasteiger partial charge in [0.25, 0.3) is 11.2 Å². The van der Waals surface area contributed by atoms with E-state index in [0.29, 0.717) is 11.3 Å². The van der Waals surface area contributed by atoms with Crippen molar-refractivity contribution in [2.24, 2.45) is 0 Å². The first-order valence-corrected chi connectivity index (χ1v) is 6.89. The van der Waals surface area contributed by atoms with Gasteiger partial charge >= 0.3 is 0 Å². The van der Waals surface area contributed by atoms with Gasteiger partial charge in [-0.1, -0.05) is 12.1 Å². The number of nitrogens with one attached hydrogen (secondary N) is 1. The molecule has 0 amide bonds. The summed E-state index contributed by atoms with van der Waals surface area (Å²) in [6.45, 7) is 1.60. The maximum Gasteiger partial charge on any atom is 0.269 e. The van der Waals surface area contributed by atoms with Gasteiger partial charge in [-0.2, -0.15) is 14.9 Å². The van der Waals surface area contributed by atoms with Gasteiger partial charge in [0.2, 0.25) is 5.88 Å². The summed E-state index contributed by atoms with van der Waals surface area (Å²) in [6, 6.07) is 7.60. The lowest BCUT2D eigenvalue weighted by molar-refractivity contribution is -0.384. The second-order valence-corrected chi connectivity index (χ2v) is 5.19. The van der Waals surface area contributed by atoms with Gasteiger partial charge in [-0.15, -0.1) is 0 Å². The molecule has 0 aliphatic carbocycles. The standard InChI is InChI=1S/C15H11N5O4/c1-8-12(7-16)13-17-14(21)11(15(22)19(13)18-8)6-9-2-4-10(5-3-9)20(23)24/h2-5,22H,6H2,1H3,(H,17,21). The third-order valence-electron chi connectivity index (χ3n) is 3.68. The van der Waals surface area contributed by atoms with E-state index in [1.54, 1.807) is 6.92 Å². The number of H-pyrrole nitrogens is 1. The van der Waals surface area contributed by atoms with Crippen molar-refractivity contribution in [1.29, 1.82) is 5.26 Å². The van der Waals surface area contributed by atoms with E-state index in [4.69, 9.17) is 5.26 Å². The fourth-order valence-electron chi connectivity index (χ4n) is 2.44. The number of aromatic hydroxyl groups is 1. The molecule has 0 aliphatic heterocycles. The zero-order valence-corrected chi connectivity index (χ0v) is 12.5. The van der Waals surface area contributed by atoms with Crippen LogP contribution >= 0.6 is 0 Å². The zero-order chi connectivity index (χ0) is 17.4. The molecule has 0 saturated carbocycles. The summed E-state index contributed by atoms with van der Waals surface area (Å²) in [5.41, 5.74) is 0.766. The quantitative estimate of drug-likeness (QED) is 0.551. The van der Waals surface area contributed by atoms with Crippen molar-refractivity contribution in [2.45, 2.75) is 13.3 Å². The molecule has 24 heavy (non-hydrogen) atoms. The molecule has 2 aromatic heterocycles. The van der Waals surface area contributed by atoms with Crippen LogP contribution in [0, 0.1) is 28.4 Å². The summed E-state index contributed by atoms with van der Waals surface area (Å²) in [5, 5.41) is 34.1. The number of rotatable bonds is 3. The molecular weight excluding hydrogens is 314 g/mol. The van der Waals surface area contributed by atoms with Gasteiger partial charge in [0.1, 0.15) is 11.6 Å². The first-order valence-electron chi connectivity index (χ1n) is 6.89. The van der Waals surface area contributed by atoms with Crippen molar-refractivity contribution in [3.63, 3.8) is 0 Å². The van der Waals surface area contributed by atoms with Crippen LogP contribution in [0.25, 0.3) is 5.65 Å². The lowest BCUT2D eigenvalue weighted by Crippen LogP contribution is -2.16. The van der Waals surface area contributed by atoms with Crippen LogP contribution in [-0.4, -0.2) is 24.6 Å². The van der Waals surface area contributed by atoms with Crippen LogP contribution in [0.5, 0.6) is 5.88 Å². The highest BCUT2D eigenvalue weighted by Crippen LogP contribution is 2.22. The van der Waals surface area contributed by atoms with Crippen molar-refractivity contribution in [2.75, 3.05) is 0 Å². The van der Waals surface area contributed by atoms with E-state index < -0.39 is 10.5 Å². The Balaban J connectivity index is 2.08. The van der Waals surface area contributed by atoms with Crippen molar-refractivity contribution in [1.82, 2.24) is 14.6 Å². The minimum absolute atomic E-state index is 0.0587. The molecular formula is C15H11N5O4. The number of aromatic amines is 1. The Bertz CT molecular complexity index is 1060. The van der Waals surface area contributed by atoms with Gasteiger partial charge in [0.15, 0.2) is 5.65 Å². The van der Waals surface area contributed by atoms with E-state index in [1.165, 1.54) is 24.3 Å². The predicted molar refractivity (Wildman–Crippen MR) is 82.8 cm³/mol. The summed E-state index contributed by atoms with van der Waals surface area (Å²) in [4.78, 5) is 24.9. The lowest BCUT2D eigenvalue weighted by Gasteiger charge is -2.06. The van der Waals surface area contributed by atoms with Gasteiger partial charge in [0, 0.05) is 18.6 Å². The molecule has 1 aromatic carbocycles. The normalized spacial score (nSPS) is 10.7. The second kappa shape index (κ2) is 5.51. The molecule has 2 N–H and O–H groups in total. The van der Waals surface area contributed by atoms with E-state index >= 15 is 0 Å². The second-order valence-electron chi connectivity index (χ2n) is 5.19. The Morgan fingerprint density at radius 1 is 1.42 bits per heavy atom. The molecule has 0 fully saturated rings. The molecule has 120 valence electrons. The maximum absolute atomic E-state index is 12.2. The van der Waals surface area contributed by atoms with Gasteiger partial charge in [-0.05, 0) is 12.5 Å².